The molecule has 0 saturated carbocycles. The second-order valence-electron chi connectivity index (χ2n) is 5.99. The summed E-state index contributed by atoms with van der Waals surface area (Å²) in [6.45, 7) is 0. The van der Waals surface area contributed by atoms with Gasteiger partial charge in [0.25, 0.3) is 0 Å². The zero-order valence-electron chi connectivity index (χ0n) is 14.8. The second kappa shape index (κ2) is 8.11. The first-order chi connectivity index (χ1) is 14.0. The Balaban J connectivity index is 2.01. The Morgan fingerprint density at radius 2 is 1.72 bits per heavy atom. The molecule has 0 aliphatic heterocycles. The molecular formula is C18H13N7O4. The van der Waals surface area contributed by atoms with Gasteiger partial charge in [0.15, 0.2) is 0 Å². The van der Waals surface area contributed by atoms with Gasteiger partial charge >= 0.3 is 5.66 Å². The molecule has 1 aliphatic carbocycles. The van der Waals surface area contributed by atoms with Crippen LogP contribution in [0.3, 0.4) is 0 Å². The van der Waals surface area contributed by atoms with Gasteiger partial charge in [0, 0.05) is 4.91 Å². The topological polar surface area (TPSA) is 160 Å². The van der Waals surface area contributed by atoms with E-state index in [4.69, 9.17) is 5.53 Å². The van der Waals surface area contributed by atoms with Gasteiger partial charge in [-0.2, -0.15) is 10.2 Å². The lowest BCUT2D eigenvalue weighted by Gasteiger charge is -2.17. The average Bonchev–Trinajstić information content (AvgIpc) is 2.73. The number of hydrogen-bond donors (Lipinski definition) is 0. The van der Waals surface area contributed by atoms with E-state index in [9.17, 15) is 20.2 Å². The van der Waals surface area contributed by atoms with Crippen molar-refractivity contribution in [2.75, 3.05) is 0 Å². The molecule has 144 valence electrons. The number of allylic oxidation sites excluding steroid dienone is 2. The Bertz CT molecular complexity index is 1090. The van der Waals surface area contributed by atoms with Gasteiger partial charge in [-0.3, -0.25) is 20.2 Å². The van der Waals surface area contributed by atoms with Crippen molar-refractivity contribution in [2.45, 2.75) is 12.1 Å². The summed E-state index contributed by atoms with van der Waals surface area (Å²) in [5.74, 6) is 0. The molecule has 2 aromatic rings. The van der Waals surface area contributed by atoms with Gasteiger partial charge in [-0.25, -0.2) is 0 Å². The lowest BCUT2D eigenvalue weighted by molar-refractivity contribution is -0.780. The molecule has 0 amide bonds. The molecule has 0 fully saturated rings. The van der Waals surface area contributed by atoms with Crippen LogP contribution in [0.4, 0.5) is 17.1 Å². The molecule has 11 heteroatoms. The third kappa shape index (κ3) is 3.84. The van der Waals surface area contributed by atoms with E-state index in [1.54, 1.807) is 42.5 Å². The monoisotopic (exact) mass is 391 g/mol. The summed E-state index contributed by atoms with van der Waals surface area (Å²) in [7, 11) is 0. The van der Waals surface area contributed by atoms with Crippen molar-refractivity contribution < 1.29 is 9.85 Å². The molecule has 0 aromatic heterocycles. The van der Waals surface area contributed by atoms with Crippen molar-refractivity contribution in [1.29, 1.82) is 0 Å². The maximum atomic E-state index is 11.2. The van der Waals surface area contributed by atoms with E-state index in [0.29, 0.717) is 22.5 Å². The fourth-order valence-electron chi connectivity index (χ4n) is 2.76. The highest BCUT2D eigenvalue weighted by Crippen LogP contribution is 2.39. The van der Waals surface area contributed by atoms with Crippen LogP contribution in [-0.4, -0.2) is 15.5 Å². The van der Waals surface area contributed by atoms with Crippen molar-refractivity contribution in [2.24, 2.45) is 15.3 Å². The van der Waals surface area contributed by atoms with E-state index in [0.717, 1.165) is 6.08 Å². The number of nitro groups is 2. The predicted molar refractivity (Wildman–Crippen MR) is 104 cm³/mol. The standard InChI is InChI=1S/C18H13N7O4/c19-23-22-17-15(13-9-11-18(12-10-13,24(26)27)25(28)29)7-4-8-16(17)21-20-14-5-2-1-3-6-14/h1-11H,12H2. The highest BCUT2D eigenvalue weighted by molar-refractivity contribution is 5.86. The fraction of sp³-hybridized carbons (Fsp3) is 0.111. The number of rotatable bonds is 6. The van der Waals surface area contributed by atoms with Crippen molar-refractivity contribution in [1.82, 2.24) is 0 Å². The minimum Gasteiger partial charge on any atom is -0.258 e. The molecule has 0 unspecified atom stereocenters. The molecule has 1 aliphatic rings. The summed E-state index contributed by atoms with van der Waals surface area (Å²) in [6.07, 6.45) is 3.14. The molecule has 0 N–H and O–H groups in total. The number of nitrogens with zero attached hydrogens (tertiary/aromatic N) is 7. The van der Waals surface area contributed by atoms with Crippen LogP contribution in [0.1, 0.15) is 12.0 Å². The van der Waals surface area contributed by atoms with Crippen LogP contribution in [-0.2, 0) is 0 Å². The van der Waals surface area contributed by atoms with Crippen molar-refractivity contribution in [3.8, 4) is 0 Å². The Morgan fingerprint density at radius 3 is 2.31 bits per heavy atom. The van der Waals surface area contributed by atoms with Crippen LogP contribution in [0.25, 0.3) is 16.0 Å². The van der Waals surface area contributed by atoms with Gasteiger partial charge in [-0.05, 0) is 40.9 Å². The zero-order chi connectivity index (χ0) is 20.9. The maximum Gasteiger partial charge on any atom is 0.481 e. The second-order valence-corrected chi connectivity index (χ2v) is 5.99. The van der Waals surface area contributed by atoms with E-state index in [1.165, 1.54) is 12.2 Å². The van der Waals surface area contributed by atoms with E-state index in [-0.39, 0.29) is 5.69 Å². The van der Waals surface area contributed by atoms with E-state index in [1.807, 2.05) is 6.07 Å². The average molecular weight is 391 g/mol. The molecule has 0 radical (unpaired) electrons. The molecule has 3 rings (SSSR count). The van der Waals surface area contributed by atoms with Gasteiger partial charge in [-0.15, -0.1) is 0 Å². The Morgan fingerprint density at radius 1 is 1.00 bits per heavy atom. The predicted octanol–water partition coefficient (Wildman–Crippen LogP) is 5.64. The van der Waals surface area contributed by atoms with Gasteiger partial charge in [0.1, 0.15) is 16.3 Å². The minimum atomic E-state index is -2.41. The largest absolute Gasteiger partial charge is 0.481 e. The first-order valence-corrected chi connectivity index (χ1v) is 8.31. The van der Waals surface area contributed by atoms with Crippen LogP contribution in [0.5, 0.6) is 0 Å². The number of benzene rings is 2. The van der Waals surface area contributed by atoms with Crippen LogP contribution in [0.2, 0.25) is 0 Å². The van der Waals surface area contributed by atoms with E-state index >= 15 is 0 Å². The molecule has 0 heterocycles. The van der Waals surface area contributed by atoms with Crippen molar-refractivity contribution >= 4 is 22.6 Å². The number of azo groups is 1. The van der Waals surface area contributed by atoms with Gasteiger partial charge < -0.3 is 0 Å². The first-order valence-electron chi connectivity index (χ1n) is 8.31. The summed E-state index contributed by atoms with van der Waals surface area (Å²) in [5.41, 5.74) is 8.48. The van der Waals surface area contributed by atoms with Crippen LogP contribution in [0.15, 0.2) is 82.1 Å². The zero-order valence-corrected chi connectivity index (χ0v) is 14.8. The number of hydrogen-bond acceptors (Lipinski definition) is 7. The van der Waals surface area contributed by atoms with Gasteiger partial charge in [-0.1, -0.05) is 41.5 Å². The fourth-order valence-corrected chi connectivity index (χ4v) is 2.76. The molecule has 0 bridgehead atoms. The number of azide groups is 1. The summed E-state index contributed by atoms with van der Waals surface area (Å²) >= 11 is 0. The molecule has 11 nitrogen and oxygen atoms in total. The van der Waals surface area contributed by atoms with E-state index < -0.39 is 21.9 Å². The van der Waals surface area contributed by atoms with E-state index in [2.05, 4.69) is 20.3 Å². The summed E-state index contributed by atoms with van der Waals surface area (Å²) in [6, 6.07) is 13.8. The highest BCUT2D eigenvalue weighted by Gasteiger charge is 2.53. The third-order valence-electron chi connectivity index (χ3n) is 4.28. The third-order valence-corrected chi connectivity index (χ3v) is 4.28. The van der Waals surface area contributed by atoms with Crippen LogP contribution < -0.4 is 0 Å². The van der Waals surface area contributed by atoms with Gasteiger partial charge in [0.05, 0.1) is 23.1 Å². The molecule has 0 saturated heterocycles. The Kier molecular flexibility index (Phi) is 5.42. The summed E-state index contributed by atoms with van der Waals surface area (Å²) in [4.78, 5) is 23.3. The quantitative estimate of drug-likeness (QED) is 0.156. The normalized spacial score (nSPS) is 14.8. The SMILES string of the molecule is [N-]=[N+]=Nc1c(N=Nc2ccccc2)cccc1C1=CCC([N+](=O)[O-])([N+](=O)[O-])C=C1. The molecular weight excluding hydrogens is 378 g/mol. The van der Waals surface area contributed by atoms with Crippen molar-refractivity contribution in [3.05, 3.63) is 103 Å². The molecule has 0 spiro atoms. The molecule has 0 atom stereocenters. The van der Waals surface area contributed by atoms with Crippen molar-refractivity contribution in [3.63, 3.8) is 0 Å². The van der Waals surface area contributed by atoms with Crippen LogP contribution in [0, 0.1) is 20.2 Å². The van der Waals surface area contributed by atoms with Gasteiger partial charge in [0.2, 0.25) is 0 Å². The minimum absolute atomic E-state index is 0.167. The Labute approximate surface area is 163 Å². The summed E-state index contributed by atoms with van der Waals surface area (Å²) < 4.78 is 0. The smallest absolute Gasteiger partial charge is 0.258 e. The lowest BCUT2D eigenvalue weighted by Crippen LogP contribution is -2.44. The first kappa shape index (κ1) is 19.4. The molecule has 29 heavy (non-hydrogen) atoms. The lowest BCUT2D eigenvalue weighted by atomic mass is 9.92. The summed E-state index contributed by atoms with van der Waals surface area (Å²) in [5, 5.41) is 34.3. The Hall–Kier alpha value is -4.37. The molecule has 2 aromatic carbocycles. The highest BCUT2D eigenvalue weighted by atomic mass is 16.7. The maximum absolute atomic E-state index is 11.2. The van der Waals surface area contributed by atoms with Crippen LogP contribution >= 0.6 is 0 Å².